The second kappa shape index (κ2) is 7.74. The number of imidazole rings is 1. The summed E-state index contributed by atoms with van der Waals surface area (Å²) in [5.74, 6) is 0.743. The molecule has 1 aliphatic rings. The Balaban J connectivity index is 1.18. The zero-order valence-corrected chi connectivity index (χ0v) is 16.6. The first-order valence-electron chi connectivity index (χ1n) is 9.65. The lowest BCUT2D eigenvalue weighted by atomic mass is 10.1. The number of pyridine rings is 1. The van der Waals surface area contributed by atoms with E-state index in [9.17, 15) is 0 Å². The van der Waals surface area contributed by atoms with Gasteiger partial charge in [0.15, 0.2) is 0 Å². The molecule has 1 aliphatic carbocycles. The summed E-state index contributed by atoms with van der Waals surface area (Å²) < 4.78 is 7.38. The first-order valence-corrected chi connectivity index (χ1v) is 10.5. The van der Waals surface area contributed by atoms with Gasteiger partial charge < -0.3 is 4.40 Å². The van der Waals surface area contributed by atoms with Crippen LogP contribution in [0, 0.1) is 11.3 Å². The maximum atomic E-state index is 8.85. The van der Waals surface area contributed by atoms with Crippen LogP contribution in [0.3, 0.4) is 0 Å². The van der Waals surface area contributed by atoms with Crippen molar-refractivity contribution in [1.29, 1.82) is 5.26 Å². The van der Waals surface area contributed by atoms with Gasteiger partial charge in [-0.15, -0.1) is 0 Å². The normalized spacial score (nSPS) is 13.6. The molecule has 7 heteroatoms. The van der Waals surface area contributed by atoms with Gasteiger partial charge in [-0.2, -0.15) is 10.4 Å². The highest BCUT2D eigenvalue weighted by Gasteiger charge is 2.23. The number of nitrogens with one attached hydrogen (secondary N) is 1. The van der Waals surface area contributed by atoms with Gasteiger partial charge in [0.2, 0.25) is 0 Å². The molecule has 1 saturated carbocycles. The Morgan fingerprint density at radius 1 is 1.10 bits per heavy atom. The highest BCUT2D eigenvalue weighted by molar-refractivity contribution is 7.97. The van der Waals surface area contributed by atoms with Gasteiger partial charge in [-0.3, -0.25) is 9.40 Å². The highest BCUT2D eigenvalue weighted by atomic mass is 32.2. The van der Waals surface area contributed by atoms with E-state index < -0.39 is 0 Å². The largest absolute Gasteiger partial charge is 0.306 e. The molecular weight excluding hydrogens is 380 g/mol. The molecule has 0 unspecified atom stereocenters. The fourth-order valence-electron chi connectivity index (χ4n) is 3.35. The van der Waals surface area contributed by atoms with Crippen LogP contribution in [0.1, 0.15) is 41.1 Å². The number of nitrogens with zero attached hydrogens (tertiary/aromatic N) is 5. The minimum atomic E-state index is 0.649. The third-order valence-electron chi connectivity index (χ3n) is 5.06. The molecule has 0 atom stereocenters. The minimum Gasteiger partial charge on any atom is -0.306 e. The Labute approximate surface area is 173 Å². The summed E-state index contributed by atoms with van der Waals surface area (Å²) in [5.41, 5.74) is 5.21. The van der Waals surface area contributed by atoms with Crippen molar-refractivity contribution in [2.75, 3.05) is 0 Å². The molecule has 4 aromatic rings. The Morgan fingerprint density at radius 3 is 2.76 bits per heavy atom. The third-order valence-corrected chi connectivity index (χ3v) is 5.79. The van der Waals surface area contributed by atoms with Gasteiger partial charge in [0.05, 0.1) is 35.0 Å². The SMILES string of the molecule is N#Cc1ccc(CNSc2cnn(Cc3cn4cc(C5CC5)ccc4n3)c2)cc1. The van der Waals surface area contributed by atoms with Gasteiger partial charge >= 0.3 is 0 Å². The second-order valence-electron chi connectivity index (χ2n) is 7.34. The molecule has 6 nitrogen and oxygen atoms in total. The zero-order valence-electron chi connectivity index (χ0n) is 15.8. The fourth-order valence-corrected chi connectivity index (χ4v) is 4.03. The van der Waals surface area contributed by atoms with Gasteiger partial charge in [-0.1, -0.05) is 18.2 Å². The van der Waals surface area contributed by atoms with Crippen LogP contribution in [0.15, 0.2) is 66.1 Å². The predicted molar refractivity (Wildman–Crippen MR) is 112 cm³/mol. The van der Waals surface area contributed by atoms with E-state index in [4.69, 9.17) is 10.2 Å². The van der Waals surface area contributed by atoms with Crippen molar-refractivity contribution in [3.63, 3.8) is 0 Å². The van der Waals surface area contributed by atoms with E-state index in [1.165, 1.54) is 18.4 Å². The number of hydrogen-bond donors (Lipinski definition) is 1. The van der Waals surface area contributed by atoms with Crippen molar-refractivity contribution < 1.29 is 0 Å². The number of rotatable bonds is 7. The van der Waals surface area contributed by atoms with Gasteiger partial charge in [-0.25, -0.2) is 4.98 Å². The van der Waals surface area contributed by atoms with E-state index >= 15 is 0 Å². The molecule has 3 heterocycles. The van der Waals surface area contributed by atoms with Crippen molar-refractivity contribution in [2.45, 2.75) is 36.7 Å². The Bertz CT molecular complexity index is 1180. The molecule has 0 saturated heterocycles. The van der Waals surface area contributed by atoms with Crippen LogP contribution in [0.5, 0.6) is 0 Å². The lowest BCUT2D eigenvalue weighted by molar-refractivity contribution is 0.675. The molecule has 5 rings (SSSR count). The molecule has 29 heavy (non-hydrogen) atoms. The third kappa shape index (κ3) is 4.19. The van der Waals surface area contributed by atoms with Crippen LogP contribution in [0.25, 0.3) is 5.65 Å². The molecule has 0 aliphatic heterocycles. The van der Waals surface area contributed by atoms with E-state index in [1.54, 1.807) is 11.9 Å². The summed E-state index contributed by atoms with van der Waals surface area (Å²) in [7, 11) is 0. The number of fused-ring (bicyclic) bond motifs is 1. The van der Waals surface area contributed by atoms with Crippen LogP contribution in [0.4, 0.5) is 0 Å². The van der Waals surface area contributed by atoms with E-state index in [0.717, 1.165) is 34.3 Å². The van der Waals surface area contributed by atoms with Gasteiger partial charge in [0.25, 0.3) is 0 Å². The molecule has 3 aromatic heterocycles. The van der Waals surface area contributed by atoms with E-state index in [1.807, 2.05) is 41.3 Å². The van der Waals surface area contributed by atoms with Crippen LogP contribution in [-0.4, -0.2) is 19.2 Å². The summed E-state index contributed by atoms with van der Waals surface area (Å²) in [4.78, 5) is 5.76. The van der Waals surface area contributed by atoms with Crippen molar-refractivity contribution >= 4 is 17.6 Å². The maximum absolute atomic E-state index is 8.85. The molecule has 0 spiro atoms. The second-order valence-corrected chi connectivity index (χ2v) is 8.30. The number of aromatic nitrogens is 4. The molecule has 144 valence electrons. The Hall–Kier alpha value is -3.08. The van der Waals surface area contributed by atoms with E-state index in [-0.39, 0.29) is 0 Å². The topological polar surface area (TPSA) is 70.9 Å². The lowest BCUT2D eigenvalue weighted by Gasteiger charge is -2.02. The van der Waals surface area contributed by atoms with Crippen molar-refractivity contribution in [3.8, 4) is 6.07 Å². The van der Waals surface area contributed by atoms with Crippen molar-refractivity contribution in [3.05, 3.63) is 83.6 Å². The summed E-state index contributed by atoms with van der Waals surface area (Å²) in [5, 5.41) is 13.3. The summed E-state index contributed by atoms with van der Waals surface area (Å²) in [6.07, 6.45) is 10.8. The van der Waals surface area contributed by atoms with Crippen LogP contribution < -0.4 is 4.72 Å². The van der Waals surface area contributed by atoms with Gasteiger partial charge in [0.1, 0.15) is 5.65 Å². The van der Waals surface area contributed by atoms with Crippen molar-refractivity contribution in [2.24, 2.45) is 0 Å². The Morgan fingerprint density at radius 2 is 1.97 bits per heavy atom. The van der Waals surface area contributed by atoms with Gasteiger partial charge in [-0.05, 0) is 60.0 Å². The fraction of sp³-hybridized carbons (Fsp3) is 0.227. The summed E-state index contributed by atoms with van der Waals surface area (Å²) in [6.45, 7) is 1.37. The number of hydrogen-bond acceptors (Lipinski definition) is 5. The monoisotopic (exact) mass is 400 g/mol. The Kier molecular flexibility index (Phi) is 4.80. The first-order chi connectivity index (χ1) is 14.3. The molecule has 1 fully saturated rings. The molecule has 1 aromatic carbocycles. The predicted octanol–water partition coefficient (Wildman–Crippen LogP) is 4.13. The lowest BCUT2D eigenvalue weighted by Crippen LogP contribution is -2.02. The maximum Gasteiger partial charge on any atom is 0.137 e. The average molecular weight is 401 g/mol. The first kappa shape index (κ1) is 18.0. The standard InChI is InChI=1S/C22H20N6S/c23-9-16-1-3-17(4-2-16)10-25-29-21-11-24-28(15-21)14-20-13-27-12-19(18-5-6-18)7-8-22(27)26-20/h1-4,7-8,11-13,15,18,25H,5-6,10,14H2. The highest BCUT2D eigenvalue weighted by Crippen LogP contribution is 2.39. The van der Waals surface area contributed by atoms with Crippen LogP contribution in [0.2, 0.25) is 0 Å². The van der Waals surface area contributed by atoms with E-state index in [2.05, 4.69) is 44.8 Å². The minimum absolute atomic E-state index is 0.649. The average Bonchev–Trinajstić information content (AvgIpc) is 3.38. The smallest absolute Gasteiger partial charge is 0.137 e. The van der Waals surface area contributed by atoms with Crippen LogP contribution >= 0.6 is 11.9 Å². The van der Waals surface area contributed by atoms with Crippen LogP contribution in [-0.2, 0) is 13.1 Å². The molecule has 1 N–H and O–H groups in total. The number of nitriles is 1. The molecule has 0 bridgehead atoms. The van der Waals surface area contributed by atoms with Crippen molar-refractivity contribution in [1.82, 2.24) is 23.9 Å². The number of benzene rings is 1. The molecule has 0 amide bonds. The molecular formula is C22H20N6S. The molecule has 0 radical (unpaired) electrons. The quantitative estimate of drug-likeness (QED) is 0.473. The summed E-state index contributed by atoms with van der Waals surface area (Å²) in [6, 6.07) is 14.0. The van der Waals surface area contributed by atoms with E-state index in [0.29, 0.717) is 12.1 Å². The zero-order chi connectivity index (χ0) is 19.6. The van der Waals surface area contributed by atoms with Gasteiger partial charge in [0, 0.05) is 25.1 Å². The summed E-state index contributed by atoms with van der Waals surface area (Å²) >= 11 is 1.55.